The van der Waals surface area contributed by atoms with Gasteiger partial charge in [0.1, 0.15) is 0 Å². The molecule has 0 aromatic carbocycles. The first kappa shape index (κ1) is 12.9. The molecule has 2 heteroatoms. The smallest absolute Gasteiger partial charge is 0.0664 e. The highest BCUT2D eigenvalue weighted by Gasteiger charge is 2.19. The van der Waals surface area contributed by atoms with E-state index in [9.17, 15) is 5.11 Å². The zero-order valence-corrected chi connectivity index (χ0v) is 9.72. The molecule has 80 valence electrons. The molecule has 2 unspecified atom stereocenters. The van der Waals surface area contributed by atoms with Gasteiger partial charge in [-0.3, -0.25) is 0 Å². The summed E-state index contributed by atoms with van der Waals surface area (Å²) in [4.78, 5) is 0. The maximum Gasteiger partial charge on any atom is 0.0664 e. The van der Waals surface area contributed by atoms with E-state index >= 15 is 0 Å². The van der Waals surface area contributed by atoms with Crippen molar-refractivity contribution in [1.82, 2.24) is 5.32 Å². The van der Waals surface area contributed by atoms with Gasteiger partial charge in [-0.2, -0.15) is 0 Å². The fourth-order valence-electron chi connectivity index (χ4n) is 1.05. The van der Waals surface area contributed by atoms with Crippen molar-refractivity contribution < 1.29 is 5.11 Å². The average Bonchev–Trinajstić information content (AvgIpc) is 1.99. The van der Waals surface area contributed by atoms with E-state index in [1.807, 2.05) is 0 Å². The van der Waals surface area contributed by atoms with Crippen molar-refractivity contribution in [2.75, 3.05) is 6.54 Å². The van der Waals surface area contributed by atoms with Crippen LogP contribution < -0.4 is 5.32 Å². The third-order valence-electron chi connectivity index (χ3n) is 2.58. The average molecular weight is 187 g/mol. The Bertz CT molecular complexity index is 129. The van der Waals surface area contributed by atoms with Gasteiger partial charge in [-0.05, 0) is 18.8 Å². The number of nitrogens with one attached hydrogen (secondary N) is 1. The minimum absolute atomic E-state index is 0.185. The fraction of sp³-hybridized carbons (Fsp3) is 1.00. The molecule has 0 aromatic rings. The summed E-state index contributed by atoms with van der Waals surface area (Å²) in [7, 11) is 0. The first-order valence-electron chi connectivity index (χ1n) is 5.29. The summed E-state index contributed by atoms with van der Waals surface area (Å²) in [6, 6.07) is 0.444. The molecule has 0 saturated carbocycles. The Morgan fingerprint density at radius 2 is 1.85 bits per heavy atom. The van der Waals surface area contributed by atoms with E-state index in [0.717, 1.165) is 12.8 Å². The summed E-state index contributed by atoms with van der Waals surface area (Å²) >= 11 is 0. The van der Waals surface area contributed by atoms with Crippen LogP contribution >= 0.6 is 0 Å². The second-order valence-electron chi connectivity index (χ2n) is 4.94. The number of hydrogen-bond acceptors (Lipinski definition) is 2. The van der Waals surface area contributed by atoms with Gasteiger partial charge >= 0.3 is 0 Å². The lowest BCUT2D eigenvalue weighted by molar-refractivity contribution is 0.146. The Hall–Kier alpha value is -0.0800. The lowest BCUT2D eigenvalue weighted by atomic mass is 9.88. The van der Waals surface area contributed by atoms with Crippen molar-refractivity contribution in [2.45, 2.75) is 59.6 Å². The van der Waals surface area contributed by atoms with E-state index in [2.05, 4.69) is 39.9 Å². The Labute approximate surface area is 82.7 Å². The summed E-state index contributed by atoms with van der Waals surface area (Å²) in [5, 5.41) is 12.9. The lowest BCUT2D eigenvalue weighted by Gasteiger charge is -2.29. The topological polar surface area (TPSA) is 32.3 Å². The highest BCUT2D eigenvalue weighted by molar-refractivity contribution is 4.76. The van der Waals surface area contributed by atoms with Crippen LogP contribution in [0.1, 0.15) is 47.5 Å². The molecule has 0 bridgehead atoms. The van der Waals surface area contributed by atoms with E-state index < -0.39 is 0 Å². The van der Waals surface area contributed by atoms with E-state index in [4.69, 9.17) is 0 Å². The second-order valence-corrected chi connectivity index (χ2v) is 4.94. The molecule has 2 atom stereocenters. The third-order valence-corrected chi connectivity index (χ3v) is 2.58. The first-order chi connectivity index (χ1) is 5.88. The monoisotopic (exact) mass is 187 g/mol. The number of hydrogen-bond donors (Lipinski definition) is 2. The molecular formula is C11H25NO. The van der Waals surface area contributed by atoms with Gasteiger partial charge in [0.2, 0.25) is 0 Å². The van der Waals surface area contributed by atoms with Crippen LogP contribution in [-0.4, -0.2) is 23.8 Å². The SMILES string of the molecule is CCCC(O)CNC(C)C(C)(C)C. The molecule has 0 spiro atoms. The summed E-state index contributed by atoms with van der Waals surface area (Å²) in [6.07, 6.45) is 1.76. The van der Waals surface area contributed by atoms with Gasteiger partial charge < -0.3 is 10.4 Å². The van der Waals surface area contributed by atoms with Crippen molar-refractivity contribution in [2.24, 2.45) is 5.41 Å². The maximum atomic E-state index is 9.50. The zero-order chi connectivity index (χ0) is 10.5. The molecule has 0 amide bonds. The number of aliphatic hydroxyl groups is 1. The molecule has 0 aliphatic rings. The van der Waals surface area contributed by atoms with Crippen molar-refractivity contribution in [3.8, 4) is 0 Å². The molecule has 0 aliphatic heterocycles. The molecule has 0 rings (SSSR count). The summed E-state index contributed by atoms with van der Waals surface area (Å²) in [5.41, 5.74) is 0.270. The van der Waals surface area contributed by atoms with E-state index in [-0.39, 0.29) is 11.5 Å². The fourth-order valence-corrected chi connectivity index (χ4v) is 1.05. The highest BCUT2D eigenvalue weighted by atomic mass is 16.3. The lowest BCUT2D eigenvalue weighted by Crippen LogP contribution is -2.41. The Kier molecular flexibility index (Phi) is 5.57. The molecule has 13 heavy (non-hydrogen) atoms. The number of rotatable bonds is 5. The molecule has 0 saturated heterocycles. The molecule has 2 N–H and O–H groups in total. The zero-order valence-electron chi connectivity index (χ0n) is 9.72. The highest BCUT2D eigenvalue weighted by Crippen LogP contribution is 2.18. The van der Waals surface area contributed by atoms with Crippen LogP contribution in [0.15, 0.2) is 0 Å². The molecule has 0 aromatic heterocycles. The largest absolute Gasteiger partial charge is 0.392 e. The van der Waals surface area contributed by atoms with E-state index in [1.165, 1.54) is 0 Å². The van der Waals surface area contributed by atoms with Crippen molar-refractivity contribution in [1.29, 1.82) is 0 Å². The van der Waals surface area contributed by atoms with Gasteiger partial charge in [-0.1, -0.05) is 34.1 Å². The number of aliphatic hydroxyl groups excluding tert-OH is 1. The Morgan fingerprint density at radius 3 is 2.23 bits per heavy atom. The maximum absolute atomic E-state index is 9.50. The third kappa shape index (κ3) is 6.05. The van der Waals surface area contributed by atoms with Crippen LogP contribution in [0.4, 0.5) is 0 Å². The Morgan fingerprint density at radius 1 is 1.31 bits per heavy atom. The molecule has 0 aliphatic carbocycles. The van der Waals surface area contributed by atoms with E-state index in [0.29, 0.717) is 12.6 Å². The second kappa shape index (κ2) is 5.61. The molecular weight excluding hydrogens is 162 g/mol. The van der Waals surface area contributed by atoms with Gasteiger partial charge in [-0.25, -0.2) is 0 Å². The normalized spacial score (nSPS) is 17.1. The molecule has 0 fully saturated rings. The van der Waals surface area contributed by atoms with Gasteiger partial charge in [0.05, 0.1) is 6.10 Å². The minimum atomic E-state index is -0.185. The quantitative estimate of drug-likeness (QED) is 0.691. The Balaban J connectivity index is 3.63. The first-order valence-corrected chi connectivity index (χ1v) is 5.29. The van der Waals surface area contributed by atoms with Crippen LogP contribution in [0.25, 0.3) is 0 Å². The van der Waals surface area contributed by atoms with Crippen LogP contribution in [0.2, 0.25) is 0 Å². The summed E-state index contributed by atoms with van der Waals surface area (Å²) < 4.78 is 0. The van der Waals surface area contributed by atoms with Crippen LogP contribution in [-0.2, 0) is 0 Å². The van der Waals surface area contributed by atoms with Crippen molar-refractivity contribution in [3.63, 3.8) is 0 Å². The van der Waals surface area contributed by atoms with Crippen LogP contribution in [0, 0.1) is 5.41 Å². The van der Waals surface area contributed by atoms with Crippen LogP contribution in [0.5, 0.6) is 0 Å². The van der Waals surface area contributed by atoms with Gasteiger partial charge in [0.15, 0.2) is 0 Å². The standard InChI is InChI=1S/C11H25NO/c1-6-7-10(13)8-12-9(2)11(3,4)5/h9-10,12-13H,6-8H2,1-5H3. The van der Waals surface area contributed by atoms with Gasteiger partial charge in [0, 0.05) is 12.6 Å². The van der Waals surface area contributed by atoms with Crippen molar-refractivity contribution >= 4 is 0 Å². The van der Waals surface area contributed by atoms with Gasteiger partial charge in [-0.15, -0.1) is 0 Å². The summed E-state index contributed by atoms with van der Waals surface area (Å²) in [5.74, 6) is 0. The predicted octanol–water partition coefficient (Wildman–Crippen LogP) is 2.17. The van der Waals surface area contributed by atoms with Crippen LogP contribution in [0.3, 0.4) is 0 Å². The van der Waals surface area contributed by atoms with Gasteiger partial charge in [0.25, 0.3) is 0 Å². The molecule has 0 heterocycles. The molecule has 0 radical (unpaired) electrons. The molecule has 2 nitrogen and oxygen atoms in total. The predicted molar refractivity (Wildman–Crippen MR) is 57.8 cm³/mol. The minimum Gasteiger partial charge on any atom is -0.392 e. The van der Waals surface area contributed by atoms with E-state index in [1.54, 1.807) is 0 Å². The summed E-state index contributed by atoms with van der Waals surface area (Å²) in [6.45, 7) is 11.6. The van der Waals surface area contributed by atoms with Crippen molar-refractivity contribution in [3.05, 3.63) is 0 Å².